The van der Waals surface area contributed by atoms with Crippen LogP contribution in [0.1, 0.15) is 12.8 Å². The zero-order valence-corrected chi connectivity index (χ0v) is 23.7. The molecule has 3 aromatic heterocycles. The van der Waals surface area contributed by atoms with Crippen LogP contribution < -0.4 is 14.8 Å². The Kier molecular flexibility index (Phi) is 7.13. The molecule has 1 fully saturated rings. The van der Waals surface area contributed by atoms with E-state index in [0.29, 0.717) is 30.5 Å². The fourth-order valence-corrected chi connectivity index (χ4v) is 7.21. The Morgan fingerprint density at radius 3 is 2.65 bits per heavy atom. The van der Waals surface area contributed by atoms with Crippen LogP contribution in [0.3, 0.4) is 0 Å². The van der Waals surface area contributed by atoms with E-state index in [4.69, 9.17) is 19.4 Å². The molecule has 0 aliphatic carbocycles. The molecule has 206 valence electrons. The highest BCUT2D eigenvalue weighted by Crippen LogP contribution is 2.35. The molecule has 1 N–H and O–H groups in total. The molecule has 0 saturated carbocycles. The first-order valence-corrected chi connectivity index (χ1v) is 15.1. The Balaban J connectivity index is 1.27. The van der Waals surface area contributed by atoms with Gasteiger partial charge in [0.1, 0.15) is 17.2 Å². The number of piperidine rings is 1. The van der Waals surface area contributed by atoms with Crippen molar-refractivity contribution in [1.82, 2.24) is 23.7 Å². The van der Waals surface area contributed by atoms with Crippen LogP contribution >= 0.6 is 11.3 Å². The average molecular weight is 577 g/mol. The number of ether oxygens (including phenoxy) is 2. The number of imidazole rings is 1. The van der Waals surface area contributed by atoms with Gasteiger partial charge in [-0.3, -0.25) is 4.40 Å². The van der Waals surface area contributed by atoms with Gasteiger partial charge in [0.2, 0.25) is 16.0 Å². The predicted octanol–water partition coefficient (Wildman–Crippen LogP) is 4.80. The molecule has 1 unspecified atom stereocenters. The molecule has 5 aromatic rings. The third-order valence-electron chi connectivity index (χ3n) is 6.90. The standard InChI is InChI=1S/C28H28N6O4S2/c1-37-21-8-3-6-19(16-21)25-26(34-14-15-39-28(34)32-25)24-11-12-29-27(31-24)30-20-7-5-13-33(18-20)40(35,36)23-10-4-9-22(17-23)38-2/h3-4,6,8-12,14-17,20H,5,7,13,18H2,1-2H3,(H,29,30,31). The first-order chi connectivity index (χ1) is 19.5. The number of sulfonamides is 1. The Labute approximate surface area is 236 Å². The molecule has 1 aliphatic heterocycles. The summed E-state index contributed by atoms with van der Waals surface area (Å²) >= 11 is 1.55. The molecule has 10 nitrogen and oxygen atoms in total. The van der Waals surface area contributed by atoms with Gasteiger partial charge in [0.05, 0.1) is 30.5 Å². The SMILES string of the molecule is COc1cccc(-c2nc3sccn3c2-c2ccnc(NC3CCCN(S(=O)(=O)c4cccc(OC)c4)C3)n2)c1. The average Bonchev–Trinajstić information content (AvgIpc) is 3.59. The number of benzene rings is 2. The van der Waals surface area contributed by atoms with Crippen molar-refractivity contribution in [1.29, 1.82) is 0 Å². The number of aromatic nitrogens is 4. The van der Waals surface area contributed by atoms with E-state index in [1.54, 1.807) is 48.9 Å². The normalized spacial score (nSPS) is 16.2. The molecule has 2 aromatic carbocycles. The van der Waals surface area contributed by atoms with Crippen molar-refractivity contribution in [3.05, 3.63) is 72.4 Å². The molecule has 1 saturated heterocycles. The molecule has 1 atom stereocenters. The summed E-state index contributed by atoms with van der Waals surface area (Å²) in [5.41, 5.74) is 3.27. The maximum absolute atomic E-state index is 13.4. The minimum Gasteiger partial charge on any atom is -0.497 e. The van der Waals surface area contributed by atoms with Crippen LogP contribution in [0, 0.1) is 0 Å². The number of anilines is 1. The summed E-state index contributed by atoms with van der Waals surface area (Å²) in [5, 5.41) is 5.37. The van der Waals surface area contributed by atoms with Gasteiger partial charge < -0.3 is 14.8 Å². The van der Waals surface area contributed by atoms with Crippen LogP contribution in [0.25, 0.3) is 27.6 Å². The number of hydrogen-bond acceptors (Lipinski definition) is 9. The number of rotatable bonds is 8. The van der Waals surface area contributed by atoms with Crippen LogP contribution in [0.2, 0.25) is 0 Å². The maximum Gasteiger partial charge on any atom is 0.243 e. The van der Waals surface area contributed by atoms with Crippen LogP contribution in [-0.2, 0) is 10.0 Å². The van der Waals surface area contributed by atoms with E-state index < -0.39 is 10.0 Å². The van der Waals surface area contributed by atoms with E-state index in [2.05, 4.69) is 10.3 Å². The maximum atomic E-state index is 13.4. The monoisotopic (exact) mass is 576 g/mol. The molecular formula is C28H28N6O4S2. The Bertz CT molecular complexity index is 1770. The van der Waals surface area contributed by atoms with Crippen LogP contribution in [0.5, 0.6) is 11.5 Å². The number of methoxy groups -OCH3 is 2. The molecule has 6 rings (SSSR count). The van der Waals surface area contributed by atoms with Crippen molar-refractivity contribution in [3.8, 4) is 34.1 Å². The lowest BCUT2D eigenvalue weighted by molar-refractivity contribution is 0.326. The predicted molar refractivity (Wildman–Crippen MR) is 154 cm³/mol. The number of hydrogen-bond donors (Lipinski definition) is 1. The lowest BCUT2D eigenvalue weighted by Gasteiger charge is -2.32. The van der Waals surface area contributed by atoms with E-state index in [1.807, 2.05) is 46.3 Å². The summed E-state index contributed by atoms with van der Waals surface area (Å²) in [4.78, 5) is 15.2. The number of nitrogens with one attached hydrogen (secondary N) is 1. The van der Waals surface area contributed by atoms with Gasteiger partial charge in [-0.25, -0.2) is 23.4 Å². The summed E-state index contributed by atoms with van der Waals surface area (Å²) < 4.78 is 40.9. The topological polar surface area (TPSA) is 111 Å². The van der Waals surface area contributed by atoms with Gasteiger partial charge in [-0.1, -0.05) is 18.2 Å². The lowest BCUT2D eigenvalue weighted by Crippen LogP contribution is -2.45. The van der Waals surface area contributed by atoms with Crippen molar-refractivity contribution >= 4 is 32.3 Å². The van der Waals surface area contributed by atoms with E-state index in [0.717, 1.165) is 40.5 Å². The van der Waals surface area contributed by atoms with Crippen LogP contribution in [0.15, 0.2) is 77.3 Å². The molecule has 4 heterocycles. The minimum atomic E-state index is -3.67. The quantitative estimate of drug-likeness (QED) is 0.280. The number of nitrogens with zero attached hydrogens (tertiary/aromatic N) is 5. The third kappa shape index (κ3) is 5.01. The summed E-state index contributed by atoms with van der Waals surface area (Å²) in [6.45, 7) is 0.762. The Morgan fingerprint density at radius 1 is 1.02 bits per heavy atom. The van der Waals surface area contributed by atoms with Crippen LogP contribution in [-0.4, -0.2) is 65.4 Å². The minimum absolute atomic E-state index is 0.145. The second-order valence-corrected chi connectivity index (χ2v) is 12.2. The van der Waals surface area contributed by atoms with E-state index >= 15 is 0 Å². The molecule has 40 heavy (non-hydrogen) atoms. The zero-order valence-electron chi connectivity index (χ0n) is 22.0. The van der Waals surface area contributed by atoms with Gasteiger partial charge in [-0.05, 0) is 43.2 Å². The van der Waals surface area contributed by atoms with Gasteiger partial charge in [-0.15, -0.1) is 11.3 Å². The van der Waals surface area contributed by atoms with Gasteiger partial charge in [0, 0.05) is 48.5 Å². The molecule has 1 aliphatic rings. The molecule has 0 spiro atoms. The van der Waals surface area contributed by atoms with Crippen molar-refractivity contribution in [2.45, 2.75) is 23.8 Å². The fourth-order valence-electron chi connectivity index (χ4n) is 4.93. The molecule has 0 amide bonds. The zero-order chi connectivity index (χ0) is 27.7. The number of fused-ring (bicyclic) bond motifs is 1. The van der Waals surface area contributed by atoms with Crippen molar-refractivity contribution < 1.29 is 17.9 Å². The summed E-state index contributed by atoms with van der Waals surface area (Å²) in [6.07, 6.45) is 5.20. The van der Waals surface area contributed by atoms with Crippen LogP contribution in [0.4, 0.5) is 5.95 Å². The van der Waals surface area contributed by atoms with Crippen molar-refractivity contribution in [2.24, 2.45) is 0 Å². The van der Waals surface area contributed by atoms with Crippen molar-refractivity contribution in [3.63, 3.8) is 0 Å². The Hall–Kier alpha value is -4.00. The van der Waals surface area contributed by atoms with Gasteiger partial charge in [-0.2, -0.15) is 4.31 Å². The highest BCUT2D eigenvalue weighted by molar-refractivity contribution is 7.89. The molecular weight excluding hydrogens is 548 g/mol. The Morgan fingerprint density at radius 2 is 1.82 bits per heavy atom. The third-order valence-corrected chi connectivity index (χ3v) is 9.52. The summed E-state index contributed by atoms with van der Waals surface area (Å²) in [5.74, 6) is 1.69. The van der Waals surface area contributed by atoms with E-state index in [1.165, 1.54) is 11.4 Å². The van der Waals surface area contributed by atoms with Gasteiger partial charge in [0.15, 0.2) is 4.96 Å². The highest BCUT2D eigenvalue weighted by atomic mass is 32.2. The van der Waals surface area contributed by atoms with E-state index in [-0.39, 0.29) is 10.9 Å². The lowest BCUT2D eigenvalue weighted by atomic mass is 10.1. The second kappa shape index (κ2) is 10.9. The molecule has 12 heteroatoms. The van der Waals surface area contributed by atoms with Gasteiger partial charge >= 0.3 is 0 Å². The highest BCUT2D eigenvalue weighted by Gasteiger charge is 2.31. The van der Waals surface area contributed by atoms with Gasteiger partial charge in [0.25, 0.3) is 0 Å². The molecule has 0 radical (unpaired) electrons. The summed E-state index contributed by atoms with van der Waals surface area (Å²) in [6, 6.07) is 16.1. The van der Waals surface area contributed by atoms with E-state index in [9.17, 15) is 8.42 Å². The second-order valence-electron chi connectivity index (χ2n) is 9.39. The first-order valence-electron chi connectivity index (χ1n) is 12.8. The summed E-state index contributed by atoms with van der Waals surface area (Å²) in [7, 11) is -0.509. The largest absolute Gasteiger partial charge is 0.497 e. The van der Waals surface area contributed by atoms with Crippen molar-refractivity contribution in [2.75, 3.05) is 32.6 Å². The molecule has 0 bridgehead atoms. The number of thiazole rings is 1. The first kappa shape index (κ1) is 26.2. The smallest absolute Gasteiger partial charge is 0.243 e. The fraction of sp³-hybridized carbons (Fsp3) is 0.250.